The molecule has 0 aliphatic heterocycles. The summed E-state index contributed by atoms with van der Waals surface area (Å²) in [6.45, 7) is 4.26. The normalized spacial score (nSPS) is 12.2. The van der Waals surface area contributed by atoms with E-state index in [0.29, 0.717) is 12.1 Å². The SMILES string of the molecule is CNC(=O)C(C)CN(C)c1cc(C)nc2c(F)cccc12. The number of amides is 1. The summed E-state index contributed by atoms with van der Waals surface area (Å²) in [5, 5.41) is 3.40. The molecule has 21 heavy (non-hydrogen) atoms. The van der Waals surface area contributed by atoms with Gasteiger partial charge in [0, 0.05) is 37.4 Å². The molecule has 0 aliphatic carbocycles. The molecule has 1 amide bonds. The molecule has 1 heterocycles. The van der Waals surface area contributed by atoms with Crippen LogP contribution in [-0.2, 0) is 4.79 Å². The molecule has 1 unspecified atom stereocenters. The number of pyridine rings is 1. The lowest BCUT2D eigenvalue weighted by atomic mass is 10.1. The smallest absolute Gasteiger partial charge is 0.224 e. The molecule has 0 fully saturated rings. The highest BCUT2D eigenvalue weighted by Gasteiger charge is 2.17. The van der Waals surface area contributed by atoms with Gasteiger partial charge in [0.25, 0.3) is 0 Å². The number of fused-ring (bicyclic) bond motifs is 1. The number of halogens is 1. The van der Waals surface area contributed by atoms with Crippen molar-refractivity contribution < 1.29 is 9.18 Å². The summed E-state index contributed by atoms with van der Waals surface area (Å²) in [4.78, 5) is 17.9. The van der Waals surface area contributed by atoms with E-state index in [2.05, 4.69) is 10.3 Å². The molecule has 5 heteroatoms. The number of para-hydroxylation sites is 1. The zero-order valence-corrected chi connectivity index (χ0v) is 12.8. The highest BCUT2D eigenvalue weighted by atomic mass is 19.1. The van der Waals surface area contributed by atoms with Crippen LogP contribution in [0.2, 0.25) is 0 Å². The van der Waals surface area contributed by atoms with Crippen LogP contribution in [0.3, 0.4) is 0 Å². The van der Waals surface area contributed by atoms with Crippen LogP contribution in [0.5, 0.6) is 0 Å². The van der Waals surface area contributed by atoms with E-state index in [1.165, 1.54) is 6.07 Å². The number of carbonyl (C=O) groups is 1. The van der Waals surface area contributed by atoms with Crippen LogP contribution in [-0.4, -0.2) is 31.5 Å². The quantitative estimate of drug-likeness (QED) is 0.940. The van der Waals surface area contributed by atoms with Gasteiger partial charge in [-0.1, -0.05) is 19.1 Å². The van der Waals surface area contributed by atoms with Crippen molar-refractivity contribution >= 4 is 22.5 Å². The maximum atomic E-state index is 13.9. The third kappa shape index (κ3) is 3.12. The molecule has 1 atom stereocenters. The predicted molar refractivity (Wildman–Crippen MR) is 82.9 cm³/mol. The number of nitrogens with zero attached hydrogens (tertiary/aromatic N) is 2. The standard InChI is InChI=1S/C16H20FN3O/c1-10(16(21)18-3)9-20(4)14-8-11(2)19-15-12(14)6-5-7-13(15)17/h5-8,10H,9H2,1-4H3,(H,18,21). The third-order valence-electron chi connectivity index (χ3n) is 3.55. The molecule has 112 valence electrons. The first-order chi connectivity index (χ1) is 9.93. The summed E-state index contributed by atoms with van der Waals surface area (Å²) in [7, 11) is 3.53. The average Bonchev–Trinajstić information content (AvgIpc) is 2.46. The van der Waals surface area contributed by atoms with Gasteiger partial charge in [-0.25, -0.2) is 9.37 Å². The Morgan fingerprint density at radius 1 is 1.48 bits per heavy atom. The van der Waals surface area contributed by atoms with E-state index in [1.807, 2.05) is 37.9 Å². The molecule has 2 aromatic rings. The molecule has 0 saturated heterocycles. The molecule has 1 N–H and O–H groups in total. The van der Waals surface area contributed by atoms with Gasteiger partial charge in [0.15, 0.2) is 0 Å². The highest BCUT2D eigenvalue weighted by Crippen LogP contribution is 2.28. The van der Waals surface area contributed by atoms with Crippen LogP contribution < -0.4 is 10.2 Å². The summed E-state index contributed by atoms with van der Waals surface area (Å²) in [6, 6.07) is 6.85. The van der Waals surface area contributed by atoms with Crippen molar-refractivity contribution in [3.63, 3.8) is 0 Å². The lowest BCUT2D eigenvalue weighted by Crippen LogP contribution is -2.34. The van der Waals surface area contributed by atoms with E-state index in [1.54, 1.807) is 13.1 Å². The summed E-state index contributed by atoms with van der Waals surface area (Å²) in [5.74, 6) is -0.495. The molecular formula is C16H20FN3O. The molecule has 0 bridgehead atoms. The van der Waals surface area contributed by atoms with Gasteiger partial charge in [0.2, 0.25) is 5.91 Å². The second-order valence-electron chi connectivity index (χ2n) is 5.31. The number of aryl methyl sites for hydroxylation is 1. The fourth-order valence-corrected chi connectivity index (χ4v) is 2.47. The van der Waals surface area contributed by atoms with E-state index in [4.69, 9.17) is 0 Å². The number of hydrogen-bond donors (Lipinski definition) is 1. The van der Waals surface area contributed by atoms with Crippen LogP contribution >= 0.6 is 0 Å². The van der Waals surface area contributed by atoms with Crippen LogP contribution in [0, 0.1) is 18.7 Å². The van der Waals surface area contributed by atoms with Crippen molar-refractivity contribution in [2.75, 3.05) is 25.5 Å². The minimum absolute atomic E-state index is 0.0110. The van der Waals surface area contributed by atoms with Gasteiger partial charge in [-0.3, -0.25) is 4.79 Å². The fourth-order valence-electron chi connectivity index (χ4n) is 2.47. The topological polar surface area (TPSA) is 45.2 Å². The zero-order valence-electron chi connectivity index (χ0n) is 12.8. The highest BCUT2D eigenvalue weighted by molar-refractivity contribution is 5.92. The van der Waals surface area contributed by atoms with E-state index in [-0.39, 0.29) is 17.6 Å². The average molecular weight is 289 g/mol. The van der Waals surface area contributed by atoms with Crippen LogP contribution in [0.25, 0.3) is 10.9 Å². The molecular weight excluding hydrogens is 269 g/mol. The number of aromatic nitrogens is 1. The summed E-state index contributed by atoms with van der Waals surface area (Å²) >= 11 is 0. The minimum atomic E-state index is -0.329. The molecule has 0 spiro atoms. The lowest BCUT2D eigenvalue weighted by molar-refractivity contribution is -0.123. The van der Waals surface area contributed by atoms with Crippen molar-refractivity contribution in [2.24, 2.45) is 5.92 Å². The molecule has 4 nitrogen and oxygen atoms in total. The fraction of sp³-hybridized carbons (Fsp3) is 0.375. The summed E-state index contributed by atoms with van der Waals surface area (Å²) in [5.41, 5.74) is 2.00. The minimum Gasteiger partial charge on any atom is -0.373 e. The largest absolute Gasteiger partial charge is 0.373 e. The maximum absolute atomic E-state index is 13.9. The summed E-state index contributed by atoms with van der Waals surface area (Å²) in [6.07, 6.45) is 0. The zero-order chi connectivity index (χ0) is 15.6. The van der Waals surface area contributed by atoms with Gasteiger partial charge in [-0.05, 0) is 19.1 Å². The number of carbonyl (C=O) groups excluding carboxylic acids is 1. The van der Waals surface area contributed by atoms with Crippen molar-refractivity contribution in [3.8, 4) is 0 Å². The van der Waals surface area contributed by atoms with E-state index < -0.39 is 0 Å². The van der Waals surface area contributed by atoms with Gasteiger partial charge in [0.1, 0.15) is 11.3 Å². The lowest BCUT2D eigenvalue weighted by Gasteiger charge is -2.24. The van der Waals surface area contributed by atoms with Gasteiger partial charge < -0.3 is 10.2 Å². The third-order valence-corrected chi connectivity index (χ3v) is 3.55. The Hall–Kier alpha value is -2.17. The van der Waals surface area contributed by atoms with E-state index in [0.717, 1.165) is 16.8 Å². The van der Waals surface area contributed by atoms with Crippen molar-refractivity contribution in [1.29, 1.82) is 0 Å². The van der Waals surface area contributed by atoms with Gasteiger partial charge in [0.05, 0.1) is 5.92 Å². The number of benzene rings is 1. The van der Waals surface area contributed by atoms with Gasteiger partial charge >= 0.3 is 0 Å². The van der Waals surface area contributed by atoms with Gasteiger partial charge in [-0.15, -0.1) is 0 Å². The van der Waals surface area contributed by atoms with Gasteiger partial charge in [-0.2, -0.15) is 0 Å². The number of anilines is 1. The monoisotopic (exact) mass is 289 g/mol. The van der Waals surface area contributed by atoms with Crippen LogP contribution in [0.15, 0.2) is 24.3 Å². The molecule has 1 aromatic carbocycles. The Labute approximate surface area is 124 Å². The Balaban J connectivity index is 2.41. The van der Waals surface area contributed by atoms with Crippen LogP contribution in [0.4, 0.5) is 10.1 Å². The molecule has 0 aliphatic rings. The van der Waals surface area contributed by atoms with Crippen molar-refractivity contribution in [1.82, 2.24) is 10.3 Å². The first kappa shape index (κ1) is 15.2. The molecule has 0 radical (unpaired) electrons. The molecule has 0 saturated carbocycles. The Morgan fingerprint density at radius 3 is 2.86 bits per heavy atom. The number of nitrogens with one attached hydrogen (secondary N) is 1. The second kappa shape index (κ2) is 6.08. The van der Waals surface area contributed by atoms with Crippen molar-refractivity contribution in [3.05, 3.63) is 35.8 Å². The first-order valence-electron chi connectivity index (χ1n) is 6.92. The first-order valence-corrected chi connectivity index (χ1v) is 6.92. The maximum Gasteiger partial charge on any atom is 0.224 e. The summed E-state index contributed by atoms with van der Waals surface area (Å²) < 4.78 is 13.9. The van der Waals surface area contributed by atoms with Crippen LogP contribution in [0.1, 0.15) is 12.6 Å². The predicted octanol–water partition coefficient (Wildman–Crippen LogP) is 2.50. The van der Waals surface area contributed by atoms with Crippen molar-refractivity contribution in [2.45, 2.75) is 13.8 Å². The number of rotatable bonds is 4. The Bertz CT molecular complexity index is 672. The van der Waals surface area contributed by atoms with E-state index in [9.17, 15) is 9.18 Å². The Morgan fingerprint density at radius 2 is 2.19 bits per heavy atom. The van der Waals surface area contributed by atoms with E-state index >= 15 is 0 Å². The molecule has 1 aromatic heterocycles. The number of hydrogen-bond acceptors (Lipinski definition) is 3. The molecule has 2 rings (SSSR count). The Kier molecular flexibility index (Phi) is 4.40. The second-order valence-corrected chi connectivity index (χ2v) is 5.31.